The molecule has 0 aliphatic carbocycles. The van der Waals surface area contributed by atoms with Crippen molar-refractivity contribution in [2.45, 2.75) is 0 Å². The smallest absolute Gasteiger partial charge is 0.333 e. The van der Waals surface area contributed by atoms with Crippen LogP contribution in [0.2, 0.25) is 0 Å². The van der Waals surface area contributed by atoms with E-state index < -0.39 is 17.4 Å². The van der Waals surface area contributed by atoms with Gasteiger partial charge >= 0.3 is 11.9 Å². The van der Waals surface area contributed by atoms with E-state index in [1.807, 2.05) is 0 Å². The van der Waals surface area contributed by atoms with E-state index in [-0.39, 0.29) is 0 Å². The number of ether oxygens (including phenoxy) is 3. The lowest BCUT2D eigenvalue weighted by molar-refractivity contribution is -0.162. The number of nitrogens with zero attached hydrogens (tertiary/aromatic N) is 1. The first-order valence-electron chi connectivity index (χ1n) is 5.62. The molecule has 0 spiro atoms. The van der Waals surface area contributed by atoms with Crippen molar-refractivity contribution < 1.29 is 23.8 Å². The molecule has 0 saturated heterocycles. The quantitative estimate of drug-likeness (QED) is 0.506. The molecule has 6 nitrogen and oxygen atoms in total. The fourth-order valence-corrected chi connectivity index (χ4v) is 3.61. The molecule has 0 saturated carbocycles. The average molecular weight is 413 g/mol. The maximum atomic E-state index is 12.1. The number of halogens is 2. The molecule has 1 rings (SSSR count). The van der Waals surface area contributed by atoms with Gasteiger partial charge < -0.3 is 19.1 Å². The lowest BCUT2D eigenvalue weighted by atomic mass is 9.86. The van der Waals surface area contributed by atoms with E-state index in [0.29, 0.717) is 22.1 Å². The van der Waals surface area contributed by atoms with E-state index in [0.717, 1.165) is 0 Å². The van der Waals surface area contributed by atoms with Gasteiger partial charge in [-0.3, -0.25) is 9.59 Å². The Morgan fingerprint density at radius 1 is 1.10 bits per heavy atom. The van der Waals surface area contributed by atoms with Crippen molar-refractivity contribution in [3.05, 3.63) is 21.4 Å². The van der Waals surface area contributed by atoms with Gasteiger partial charge in [-0.2, -0.15) is 0 Å². The summed E-state index contributed by atoms with van der Waals surface area (Å²) in [5.41, 5.74) is -1.66. The number of rotatable bonds is 5. The third kappa shape index (κ3) is 2.91. The second kappa shape index (κ2) is 7.24. The summed E-state index contributed by atoms with van der Waals surface area (Å²) in [6, 6.07) is 0. The fourth-order valence-electron chi connectivity index (χ4n) is 1.74. The highest BCUT2D eigenvalue weighted by Crippen LogP contribution is 2.47. The molecule has 0 atom stereocenters. The summed E-state index contributed by atoms with van der Waals surface area (Å²) < 4.78 is 15.1. The molecule has 0 unspecified atom stereocenters. The molecular formula is C12H15Br2NO5. The Balaban J connectivity index is 3.24. The summed E-state index contributed by atoms with van der Waals surface area (Å²) in [7, 11) is 4.02. The van der Waals surface area contributed by atoms with Crippen LogP contribution in [0.1, 0.15) is 0 Å². The van der Waals surface area contributed by atoms with E-state index in [4.69, 9.17) is 14.2 Å². The maximum absolute atomic E-state index is 12.1. The van der Waals surface area contributed by atoms with Crippen LogP contribution in [0.3, 0.4) is 0 Å². The second-order valence-electron chi connectivity index (χ2n) is 3.92. The van der Waals surface area contributed by atoms with Gasteiger partial charge in [0.1, 0.15) is 0 Å². The minimum Gasteiger partial charge on any atom is -0.468 e. The third-order valence-electron chi connectivity index (χ3n) is 2.81. The minimum atomic E-state index is -1.66. The molecule has 0 amide bonds. The van der Waals surface area contributed by atoms with Gasteiger partial charge in [0.2, 0.25) is 5.41 Å². The molecule has 0 aromatic heterocycles. The molecule has 20 heavy (non-hydrogen) atoms. The van der Waals surface area contributed by atoms with Crippen molar-refractivity contribution in [2.75, 3.05) is 34.5 Å². The summed E-state index contributed by atoms with van der Waals surface area (Å²) in [4.78, 5) is 26.0. The first kappa shape index (κ1) is 17.2. The predicted molar refractivity (Wildman–Crippen MR) is 79.1 cm³/mol. The molecule has 1 heterocycles. The van der Waals surface area contributed by atoms with Crippen LogP contribution in [0.25, 0.3) is 0 Å². The van der Waals surface area contributed by atoms with Gasteiger partial charge in [0, 0.05) is 35.0 Å². The zero-order valence-corrected chi connectivity index (χ0v) is 14.5. The van der Waals surface area contributed by atoms with Gasteiger partial charge in [0.15, 0.2) is 0 Å². The Kier molecular flexibility index (Phi) is 6.22. The van der Waals surface area contributed by atoms with Crippen molar-refractivity contribution >= 4 is 43.8 Å². The van der Waals surface area contributed by atoms with Crippen molar-refractivity contribution in [2.24, 2.45) is 5.41 Å². The maximum Gasteiger partial charge on any atom is 0.333 e. The van der Waals surface area contributed by atoms with Crippen LogP contribution in [0.15, 0.2) is 21.4 Å². The lowest BCUT2D eigenvalue weighted by Gasteiger charge is -2.33. The third-order valence-corrected chi connectivity index (χ3v) is 4.41. The monoisotopic (exact) mass is 411 g/mol. The molecule has 1 aliphatic heterocycles. The van der Waals surface area contributed by atoms with Crippen LogP contribution in [0.5, 0.6) is 0 Å². The Hall–Kier alpha value is -0.860. The topological polar surface area (TPSA) is 65.1 Å². The fraction of sp³-hybridized carbons (Fsp3) is 0.500. The van der Waals surface area contributed by atoms with E-state index in [1.54, 1.807) is 24.4 Å². The highest BCUT2D eigenvalue weighted by Gasteiger charge is 2.55. The molecule has 1 aliphatic rings. The number of carbonyl (C=O) groups is 2. The Morgan fingerprint density at radius 3 is 1.90 bits per heavy atom. The number of carbonyl (C=O) groups excluding carboxylic acids is 2. The average Bonchev–Trinajstić information content (AvgIpc) is 2.43. The van der Waals surface area contributed by atoms with Crippen molar-refractivity contribution in [1.82, 2.24) is 4.90 Å². The van der Waals surface area contributed by atoms with Crippen LogP contribution >= 0.6 is 31.9 Å². The second-order valence-corrected chi connectivity index (χ2v) is 5.63. The molecule has 112 valence electrons. The summed E-state index contributed by atoms with van der Waals surface area (Å²) in [6.07, 6.45) is 3.25. The molecule has 0 radical (unpaired) electrons. The zero-order valence-electron chi connectivity index (χ0n) is 11.3. The molecule has 0 N–H and O–H groups in total. The van der Waals surface area contributed by atoms with Crippen LogP contribution in [-0.4, -0.2) is 51.3 Å². The summed E-state index contributed by atoms with van der Waals surface area (Å²) >= 11 is 6.55. The molecule has 0 fully saturated rings. The highest BCUT2D eigenvalue weighted by atomic mass is 79.9. The molecule has 0 bridgehead atoms. The standard InChI is InChI=1S/C12H15Br2NO5/c1-18-5-4-15-6-8(13)12(9(14)7-15,10(16)19-2)11(17)20-3/h6-7H,4-5H2,1-3H3. The van der Waals surface area contributed by atoms with Crippen LogP contribution in [0, 0.1) is 5.41 Å². The minimum absolute atomic E-state index is 0.328. The van der Waals surface area contributed by atoms with Crippen molar-refractivity contribution in [3.8, 4) is 0 Å². The van der Waals surface area contributed by atoms with Gasteiger partial charge in [0.05, 0.1) is 20.8 Å². The number of hydrogen-bond acceptors (Lipinski definition) is 6. The number of esters is 2. The predicted octanol–water partition coefficient (Wildman–Crippen LogP) is 1.75. The van der Waals surface area contributed by atoms with Gasteiger partial charge in [0.25, 0.3) is 0 Å². The largest absolute Gasteiger partial charge is 0.468 e. The van der Waals surface area contributed by atoms with E-state index >= 15 is 0 Å². The Labute approximate surface area is 134 Å². The summed E-state index contributed by atoms with van der Waals surface area (Å²) in [5.74, 6) is -1.47. The van der Waals surface area contributed by atoms with Gasteiger partial charge in [-0.1, -0.05) is 31.9 Å². The molecule has 0 aromatic carbocycles. The van der Waals surface area contributed by atoms with Crippen LogP contribution < -0.4 is 0 Å². The first-order valence-corrected chi connectivity index (χ1v) is 7.20. The van der Waals surface area contributed by atoms with Gasteiger partial charge in [-0.25, -0.2) is 0 Å². The Bertz CT molecular complexity index is 423. The molecule has 8 heteroatoms. The normalized spacial score (nSPS) is 17.1. The van der Waals surface area contributed by atoms with Crippen LogP contribution in [-0.2, 0) is 23.8 Å². The van der Waals surface area contributed by atoms with Crippen molar-refractivity contribution in [3.63, 3.8) is 0 Å². The van der Waals surface area contributed by atoms with Crippen molar-refractivity contribution in [1.29, 1.82) is 0 Å². The number of methoxy groups -OCH3 is 3. The van der Waals surface area contributed by atoms with E-state index in [1.165, 1.54) is 14.2 Å². The highest BCUT2D eigenvalue weighted by molar-refractivity contribution is 9.12. The molecule has 0 aromatic rings. The summed E-state index contributed by atoms with van der Waals surface area (Å²) in [5, 5.41) is 0. The first-order chi connectivity index (χ1) is 9.44. The van der Waals surface area contributed by atoms with Gasteiger partial charge in [-0.15, -0.1) is 0 Å². The number of hydrogen-bond donors (Lipinski definition) is 0. The van der Waals surface area contributed by atoms with E-state index in [2.05, 4.69) is 31.9 Å². The summed E-state index contributed by atoms with van der Waals surface area (Å²) in [6.45, 7) is 1.07. The zero-order chi connectivity index (χ0) is 15.3. The lowest BCUT2D eigenvalue weighted by Crippen LogP contribution is -2.44. The molecular weight excluding hydrogens is 398 g/mol. The van der Waals surface area contributed by atoms with Crippen LogP contribution in [0.4, 0.5) is 0 Å². The van der Waals surface area contributed by atoms with Gasteiger partial charge in [-0.05, 0) is 0 Å². The van der Waals surface area contributed by atoms with E-state index in [9.17, 15) is 9.59 Å². The Morgan fingerprint density at radius 2 is 1.55 bits per heavy atom. The SMILES string of the molecule is COCCN1C=C(Br)C(C(=O)OC)(C(=O)OC)C(Br)=C1.